The summed E-state index contributed by atoms with van der Waals surface area (Å²) >= 11 is 0. The Hall–Kier alpha value is -2.41. The molecule has 18 heavy (non-hydrogen) atoms. The number of hydrogen-bond acceptors (Lipinski definition) is 3. The lowest BCUT2D eigenvalue weighted by molar-refractivity contribution is 0.629. The molecule has 0 atom stereocenters. The van der Waals surface area contributed by atoms with Crippen LogP contribution in [0.5, 0.6) is 0 Å². The number of hydrogen-bond donors (Lipinski definition) is 1. The fourth-order valence-electron chi connectivity index (χ4n) is 1.61. The first-order chi connectivity index (χ1) is 8.69. The molecule has 2 aromatic rings. The number of aryl methyl sites for hydroxylation is 1. The molecule has 3 nitrogen and oxygen atoms in total. The number of nitriles is 1. The summed E-state index contributed by atoms with van der Waals surface area (Å²) in [5, 5.41) is 11.7. The second-order valence-corrected chi connectivity index (χ2v) is 4.00. The van der Waals surface area contributed by atoms with Crippen molar-refractivity contribution in [2.75, 3.05) is 5.32 Å². The summed E-state index contributed by atoms with van der Waals surface area (Å²) in [5.41, 5.74) is 2.59. The van der Waals surface area contributed by atoms with Crippen LogP contribution in [0.4, 0.5) is 10.1 Å². The quantitative estimate of drug-likeness (QED) is 0.898. The first-order valence-electron chi connectivity index (χ1n) is 5.54. The van der Waals surface area contributed by atoms with Crippen molar-refractivity contribution in [3.05, 3.63) is 59.2 Å². The number of aromatic nitrogens is 1. The molecule has 2 rings (SSSR count). The summed E-state index contributed by atoms with van der Waals surface area (Å²) in [6, 6.07) is 10.5. The molecule has 1 aromatic heterocycles. The Kier molecular flexibility index (Phi) is 3.54. The predicted molar refractivity (Wildman–Crippen MR) is 67.4 cm³/mol. The molecule has 0 bridgehead atoms. The summed E-state index contributed by atoms with van der Waals surface area (Å²) < 4.78 is 13.6. The number of benzene rings is 1. The van der Waals surface area contributed by atoms with E-state index in [2.05, 4.69) is 10.3 Å². The largest absolute Gasteiger partial charge is 0.379 e. The second kappa shape index (κ2) is 5.28. The first kappa shape index (κ1) is 12.1. The molecule has 1 aromatic carbocycles. The molecule has 0 fully saturated rings. The number of nitrogens with one attached hydrogen (secondary N) is 1. The van der Waals surface area contributed by atoms with Crippen molar-refractivity contribution in [3.8, 4) is 6.07 Å². The maximum atomic E-state index is 13.6. The van der Waals surface area contributed by atoms with E-state index in [-0.39, 0.29) is 5.82 Å². The van der Waals surface area contributed by atoms with E-state index in [1.54, 1.807) is 24.4 Å². The monoisotopic (exact) mass is 241 g/mol. The highest BCUT2D eigenvalue weighted by Crippen LogP contribution is 2.16. The number of pyridine rings is 1. The van der Waals surface area contributed by atoms with Crippen molar-refractivity contribution < 1.29 is 4.39 Å². The molecule has 0 aliphatic heterocycles. The van der Waals surface area contributed by atoms with Crippen LogP contribution >= 0.6 is 0 Å². The van der Waals surface area contributed by atoms with Gasteiger partial charge in [-0.1, -0.05) is 6.07 Å². The Labute approximate surface area is 105 Å². The third kappa shape index (κ3) is 2.83. The van der Waals surface area contributed by atoms with E-state index in [1.807, 2.05) is 19.1 Å². The molecule has 0 aliphatic rings. The van der Waals surface area contributed by atoms with Gasteiger partial charge >= 0.3 is 0 Å². The highest BCUT2D eigenvalue weighted by molar-refractivity contribution is 5.46. The molecule has 0 radical (unpaired) electrons. The molecule has 0 amide bonds. The van der Waals surface area contributed by atoms with Gasteiger partial charge in [-0.25, -0.2) is 9.37 Å². The van der Waals surface area contributed by atoms with Gasteiger partial charge in [0.15, 0.2) is 0 Å². The average Bonchev–Trinajstić information content (AvgIpc) is 2.38. The smallest absolute Gasteiger partial charge is 0.146 e. The maximum Gasteiger partial charge on any atom is 0.146 e. The van der Waals surface area contributed by atoms with Gasteiger partial charge in [-0.15, -0.1) is 0 Å². The van der Waals surface area contributed by atoms with Crippen LogP contribution in [0, 0.1) is 24.1 Å². The zero-order valence-electron chi connectivity index (χ0n) is 9.94. The average molecular weight is 241 g/mol. The highest BCUT2D eigenvalue weighted by Gasteiger charge is 2.02. The molecule has 0 aliphatic carbocycles. The fraction of sp³-hybridized carbons (Fsp3) is 0.143. The van der Waals surface area contributed by atoms with Crippen LogP contribution in [-0.2, 0) is 6.54 Å². The Balaban J connectivity index is 2.09. The predicted octanol–water partition coefficient (Wildman–Crippen LogP) is 3.01. The lowest BCUT2D eigenvalue weighted by atomic mass is 10.2. The van der Waals surface area contributed by atoms with Crippen LogP contribution in [0.25, 0.3) is 0 Å². The molecule has 4 heteroatoms. The standard InChI is InChI=1S/C14H12FN3/c1-10-2-3-14(13(15)6-10)18-9-11-4-5-17-12(7-11)8-16/h2-7,18H,9H2,1H3. The van der Waals surface area contributed by atoms with Crippen molar-refractivity contribution in [2.45, 2.75) is 13.5 Å². The minimum atomic E-state index is -0.274. The van der Waals surface area contributed by atoms with E-state index in [9.17, 15) is 4.39 Å². The third-order valence-corrected chi connectivity index (χ3v) is 2.55. The molecule has 0 saturated carbocycles. The van der Waals surface area contributed by atoms with Gasteiger partial charge in [-0.3, -0.25) is 0 Å². The van der Waals surface area contributed by atoms with Crippen molar-refractivity contribution in [2.24, 2.45) is 0 Å². The Morgan fingerprint density at radius 1 is 1.33 bits per heavy atom. The third-order valence-electron chi connectivity index (χ3n) is 2.55. The Bertz CT molecular complexity index is 602. The van der Waals surface area contributed by atoms with E-state index < -0.39 is 0 Å². The van der Waals surface area contributed by atoms with Crippen LogP contribution in [0.3, 0.4) is 0 Å². The Morgan fingerprint density at radius 2 is 2.17 bits per heavy atom. The SMILES string of the molecule is Cc1ccc(NCc2ccnc(C#N)c2)c(F)c1. The summed E-state index contributed by atoms with van der Waals surface area (Å²) in [5.74, 6) is -0.274. The zero-order chi connectivity index (χ0) is 13.0. The molecule has 1 heterocycles. The number of nitrogens with zero attached hydrogens (tertiary/aromatic N) is 2. The summed E-state index contributed by atoms with van der Waals surface area (Å²) in [6.45, 7) is 2.30. The van der Waals surface area contributed by atoms with E-state index in [4.69, 9.17) is 5.26 Å². The molecule has 0 saturated heterocycles. The molecule has 0 unspecified atom stereocenters. The highest BCUT2D eigenvalue weighted by atomic mass is 19.1. The van der Waals surface area contributed by atoms with Gasteiger partial charge in [0.2, 0.25) is 0 Å². The van der Waals surface area contributed by atoms with Gasteiger partial charge in [0.05, 0.1) is 5.69 Å². The number of halogens is 1. The molecule has 0 spiro atoms. The second-order valence-electron chi connectivity index (χ2n) is 4.00. The number of rotatable bonds is 3. The van der Waals surface area contributed by atoms with Crippen LogP contribution in [0.2, 0.25) is 0 Å². The van der Waals surface area contributed by atoms with E-state index in [0.717, 1.165) is 11.1 Å². The van der Waals surface area contributed by atoms with Crippen molar-refractivity contribution in [1.82, 2.24) is 4.98 Å². The Morgan fingerprint density at radius 3 is 2.89 bits per heavy atom. The number of anilines is 1. The lowest BCUT2D eigenvalue weighted by Crippen LogP contribution is -2.02. The maximum absolute atomic E-state index is 13.6. The van der Waals surface area contributed by atoms with Crippen molar-refractivity contribution in [3.63, 3.8) is 0 Å². The van der Waals surface area contributed by atoms with Crippen LogP contribution < -0.4 is 5.32 Å². The summed E-state index contributed by atoms with van der Waals surface area (Å²) in [4.78, 5) is 3.88. The molecular weight excluding hydrogens is 229 g/mol. The van der Waals surface area contributed by atoms with Crippen LogP contribution in [0.15, 0.2) is 36.5 Å². The van der Waals surface area contributed by atoms with Gasteiger partial charge < -0.3 is 5.32 Å². The molecule has 1 N–H and O–H groups in total. The van der Waals surface area contributed by atoms with E-state index in [1.165, 1.54) is 6.07 Å². The zero-order valence-corrected chi connectivity index (χ0v) is 9.94. The van der Waals surface area contributed by atoms with Crippen molar-refractivity contribution in [1.29, 1.82) is 5.26 Å². The molecular formula is C14H12FN3. The minimum Gasteiger partial charge on any atom is -0.379 e. The van der Waals surface area contributed by atoms with E-state index >= 15 is 0 Å². The van der Waals surface area contributed by atoms with Gasteiger partial charge in [0.25, 0.3) is 0 Å². The lowest BCUT2D eigenvalue weighted by Gasteiger charge is -2.08. The van der Waals surface area contributed by atoms with Gasteiger partial charge in [-0.05, 0) is 42.3 Å². The normalized spacial score (nSPS) is 9.83. The summed E-state index contributed by atoms with van der Waals surface area (Å²) in [6.07, 6.45) is 1.57. The van der Waals surface area contributed by atoms with Crippen LogP contribution in [-0.4, -0.2) is 4.98 Å². The van der Waals surface area contributed by atoms with Gasteiger partial charge in [0, 0.05) is 12.7 Å². The van der Waals surface area contributed by atoms with Crippen molar-refractivity contribution >= 4 is 5.69 Å². The molecule has 90 valence electrons. The summed E-state index contributed by atoms with van der Waals surface area (Å²) in [7, 11) is 0. The topological polar surface area (TPSA) is 48.7 Å². The van der Waals surface area contributed by atoms with Crippen LogP contribution in [0.1, 0.15) is 16.8 Å². The van der Waals surface area contributed by atoms with Gasteiger partial charge in [-0.2, -0.15) is 5.26 Å². The minimum absolute atomic E-state index is 0.274. The van der Waals surface area contributed by atoms with E-state index in [0.29, 0.717) is 17.9 Å². The van der Waals surface area contributed by atoms with Gasteiger partial charge in [0.1, 0.15) is 17.6 Å². The fourth-order valence-corrected chi connectivity index (χ4v) is 1.61. The first-order valence-corrected chi connectivity index (χ1v) is 5.54.